The Balaban J connectivity index is 2.05. The number of hydrogen-bond acceptors (Lipinski definition) is 4. The summed E-state index contributed by atoms with van der Waals surface area (Å²) in [5, 5.41) is 12.0. The highest BCUT2D eigenvalue weighted by Crippen LogP contribution is 2.22. The van der Waals surface area contributed by atoms with E-state index in [4.69, 9.17) is 5.73 Å². The Bertz CT molecular complexity index is 513. The van der Waals surface area contributed by atoms with E-state index in [2.05, 4.69) is 19.9 Å². The van der Waals surface area contributed by atoms with Crippen molar-refractivity contribution in [3.8, 4) is 0 Å². The summed E-state index contributed by atoms with van der Waals surface area (Å²) in [5.41, 5.74) is 7.66. The molecule has 1 saturated heterocycles. The number of aromatic nitrogens is 3. The minimum Gasteiger partial charge on any atom is -0.326 e. The van der Waals surface area contributed by atoms with Crippen molar-refractivity contribution in [2.45, 2.75) is 25.3 Å². The summed E-state index contributed by atoms with van der Waals surface area (Å²) in [4.78, 5) is 0. The van der Waals surface area contributed by atoms with Crippen LogP contribution in [0, 0.1) is 0 Å². The van der Waals surface area contributed by atoms with Crippen LogP contribution in [0.25, 0.3) is 5.65 Å². The number of nitrogens with one attached hydrogen (secondary N) is 1. The van der Waals surface area contributed by atoms with Crippen molar-refractivity contribution in [2.75, 3.05) is 13.1 Å². The molecule has 0 aliphatic carbocycles. The summed E-state index contributed by atoms with van der Waals surface area (Å²) in [6.07, 6.45) is 4.41. The van der Waals surface area contributed by atoms with Gasteiger partial charge in [-0.3, -0.25) is 4.40 Å². The van der Waals surface area contributed by atoms with Gasteiger partial charge in [-0.15, -0.1) is 10.2 Å². The molecule has 1 aliphatic heterocycles. The largest absolute Gasteiger partial charge is 0.326 e. The smallest absolute Gasteiger partial charge is 0.165 e. The maximum Gasteiger partial charge on any atom is 0.165 e. The van der Waals surface area contributed by atoms with Gasteiger partial charge in [-0.1, -0.05) is 6.07 Å². The van der Waals surface area contributed by atoms with Gasteiger partial charge in [-0.25, -0.2) is 0 Å². The van der Waals surface area contributed by atoms with Crippen molar-refractivity contribution >= 4 is 5.65 Å². The summed E-state index contributed by atoms with van der Waals surface area (Å²) in [6.45, 7) is 2.61. The van der Waals surface area contributed by atoms with Crippen LogP contribution in [0.4, 0.5) is 0 Å². The second-order valence-electron chi connectivity index (χ2n) is 4.53. The molecular weight excluding hydrogens is 214 g/mol. The highest BCUT2D eigenvalue weighted by atomic mass is 15.3. The lowest BCUT2D eigenvalue weighted by atomic mass is 9.99. The zero-order valence-corrected chi connectivity index (χ0v) is 9.76. The Hall–Kier alpha value is -1.46. The molecule has 90 valence electrons. The third kappa shape index (κ3) is 1.81. The van der Waals surface area contributed by atoms with Crippen LogP contribution in [-0.2, 0) is 6.54 Å². The molecule has 3 N–H and O–H groups in total. The van der Waals surface area contributed by atoms with Crippen LogP contribution in [0.15, 0.2) is 18.3 Å². The second-order valence-corrected chi connectivity index (χ2v) is 4.53. The normalized spacial score (nSPS) is 20.9. The fourth-order valence-electron chi connectivity index (χ4n) is 2.50. The standard InChI is InChI=1S/C12H17N5/c13-7-9-4-2-6-17-11(9)15-16-12(17)10-3-1-5-14-8-10/h2,4,6,10,14H,1,3,5,7-8,13H2. The number of nitrogens with two attached hydrogens (primary N) is 1. The average Bonchev–Trinajstić information content (AvgIpc) is 2.83. The van der Waals surface area contributed by atoms with E-state index in [1.807, 2.05) is 18.3 Å². The first-order chi connectivity index (χ1) is 8.40. The van der Waals surface area contributed by atoms with E-state index < -0.39 is 0 Å². The molecule has 1 fully saturated rings. The van der Waals surface area contributed by atoms with Crippen molar-refractivity contribution < 1.29 is 0 Å². The van der Waals surface area contributed by atoms with Crippen molar-refractivity contribution in [1.82, 2.24) is 19.9 Å². The van der Waals surface area contributed by atoms with E-state index in [1.54, 1.807) is 0 Å². The van der Waals surface area contributed by atoms with E-state index in [0.717, 1.165) is 30.1 Å². The Morgan fingerprint density at radius 1 is 1.47 bits per heavy atom. The Morgan fingerprint density at radius 2 is 2.41 bits per heavy atom. The fourth-order valence-corrected chi connectivity index (χ4v) is 2.50. The van der Waals surface area contributed by atoms with Crippen molar-refractivity contribution in [1.29, 1.82) is 0 Å². The summed E-state index contributed by atoms with van der Waals surface area (Å²) in [6, 6.07) is 4.02. The molecule has 0 spiro atoms. The first-order valence-electron chi connectivity index (χ1n) is 6.13. The fraction of sp³-hybridized carbons (Fsp3) is 0.500. The number of hydrogen-bond donors (Lipinski definition) is 2. The van der Waals surface area contributed by atoms with Crippen LogP contribution in [0.3, 0.4) is 0 Å². The van der Waals surface area contributed by atoms with E-state index in [9.17, 15) is 0 Å². The molecule has 3 heterocycles. The summed E-state index contributed by atoms with van der Waals surface area (Å²) < 4.78 is 2.08. The van der Waals surface area contributed by atoms with Crippen molar-refractivity contribution in [2.24, 2.45) is 5.73 Å². The maximum absolute atomic E-state index is 5.71. The van der Waals surface area contributed by atoms with Crippen molar-refractivity contribution in [3.63, 3.8) is 0 Å². The lowest BCUT2D eigenvalue weighted by molar-refractivity contribution is 0.444. The molecule has 0 bridgehead atoms. The molecule has 5 heteroatoms. The van der Waals surface area contributed by atoms with Crippen LogP contribution in [-0.4, -0.2) is 27.7 Å². The average molecular weight is 231 g/mol. The summed E-state index contributed by atoms with van der Waals surface area (Å²) >= 11 is 0. The van der Waals surface area contributed by atoms with Gasteiger partial charge >= 0.3 is 0 Å². The zero-order chi connectivity index (χ0) is 11.7. The zero-order valence-electron chi connectivity index (χ0n) is 9.76. The third-order valence-corrected chi connectivity index (χ3v) is 3.42. The lowest BCUT2D eigenvalue weighted by Crippen LogP contribution is -2.29. The minimum absolute atomic E-state index is 0.465. The lowest BCUT2D eigenvalue weighted by Gasteiger charge is -2.21. The topological polar surface area (TPSA) is 68.2 Å². The van der Waals surface area contributed by atoms with E-state index in [1.165, 1.54) is 12.8 Å². The highest BCUT2D eigenvalue weighted by Gasteiger charge is 2.20. The Morgan fingerprint density at radius 3 is 3.18 bits per heavy atom. The number of fused-ring (bicyclic) bond motifs is 1. The molecule has 3 rings (SSSR count). The minimum atomic E-state index is 0.465. The molecule has 17 heavy (non-hydrogen) atoms. The number of pyridine rings is 1. The number of piperidine rings is 1. The first kappa shape index (κ1) is 10.7. The van der Waals surface area contributed by atoms with Gasteiger partial charge < -0.3 is 11.1 Å². The molecule has 1 atom stereocenters. The van der Waals surface area contributed by atoms with Crippen LogP contribution in [0.5, 0.6) is 0 Å². The Kier molecular flexibility index (Phi) is 2.78. The molecule has 0 saturated carbocycles. The van der Waals surface area contributed by atoms with Gasteiger partial charge in [0.05, 0.1) is 0 Å². The van der Waals surface area contributed by atoms with E-state index in [0.29, 0.717) is 12.5 Å². The molecule has 1 aliphatic rings. The molecule has 1 unspecified atom stereocenters. The van der Waals surface area contributed by atoms with Crippen LogP contribution < -0.4 is 11.1 Å². The van der Waals surface area contributed by atoms with Crippen LogP contribution in [0.1, 0.15) is 30.1 Å². The molecule has 0 amide bonds. The molecule has 0 aromatic carbocycles. The molecule has 2 aromatic rings. The van der Waals surface area contributed by atoms with Gasteiger partial charge in [0, 0.05) is 30.8 Å². The first-order valence-corrected chi connectivity index (χ1v) is 6.13. The third-order valence-electron chi connectivity index (χ3n) is 3.42. The predicted molar refractivity (Wildman–Crippen MR) is 65.7 cm³/mol. The molecular formula is C12H17N5. The van der Waals surface area contributed by atoms with E-state index in [-0.39, 0.29) is 0 Å². The van der Waals surface area contributed by atoms with Crippen LogP contribution >= 0.6 is 0 Å². The van der Waals surface area contributed by atoms with Gasteiger partial charge in [-0.05, 0) is 25.5 Å². The SMILES string of the molecule is NCc1cccn2c(C3CCCNC3)nnc12. The predicted octanol–water partition coefficient (Wildman–Crippen LogP) is 0.655. The van der Waals surface area contributed by atoms with Crippen molar-refractivity contribution in [3.05, 3.63) is 29.7 Å². The van der Waals surface area contributed by atoms with Gasteiger partial charge in [0.2, 0.25) is 0 Å². The molecule has 5 nitrogen and oxygen atoms in total. The van der Waals surface area contributed by atoms with E-state index >= 15 is 0 Å². The number of rotatable bonds is 2. The van der Waals surface area contributed by atoms with Gasteiger partial charge in [-0.2, -0.15) is 0 Å². The second kappa shape index (κ2) is 4.43. The monoisotopic (exact) mass is 231 g/mol. The van der Waals surface area contributed by atoms with Gasteiger partial charge in [0.1, 0.15) is 5.82 Å². The highest BCUT2D eigenvalue weighted by molar-refractivity contribution is 5.47. The quantitative estimate of drug-likeness (QED) is 0.796. The molecule has 0 radical (unpaired) electrons. The Labute approximate surface area is 100 Å². The van der Waals surface area contributed by atoms with Gasteiger partial charge in [0.15, 0.2) is 5.65 Å². The van der Waals surface area contributed by atoms with Gasteiger partial charge in [0.25, 0.3) is 0 Å². The number of nitrogens with zero attached hydrogens (tertiary/aromatic N) is 3. The molecule has 2 aromatic heterocycles. The van der Waals surface area contributed by atoms with Crippen LogP contribution in [0.2, 0.25) is 0 Å². The summed E-state index contributed by atoms with van der Waals surface area (Å²) in [5.74, 6) is 1.52. The maximum atomic E-state index is 5.71. The summed E-state index contributed by atoms with van der Waals surface area (Å²) in [7, 11) is 0.